The summed E-state index contributed by atoms with van der Waals surface area (Å²) in [5.74, 6) is -0.777. The number of benzene rings is 2. The lowest BCUT2D eigenvalue weighted by Gasteiger charge is -2.18. The van der Waals surface area contributed by atoms with Gasteiger partial charge in [0.05, 0.1) is 5.56 Å². The molecule has 2 aromatic heterocycles. The monoisotopic (exact) mass is 529 g/mol. The molecule has 10 heteroatoms. The Morgan fingerprint density at radius 1 is 1.05 bits per heavy atom. The van der Waals surface area contributed by atoms with E-state index in [1.807, 2.05) is 65.1 Å². The number of aryl methyl sites for hydroxylation is 1. The minimum atomic E-state index is -4.44. The van der Waals surface area contributed by atoms with Crippen molar-refractivity contribution in [1.82, 2.24) is 19.5 Å². The van der Waals surface area contributed by atoms with Crippen molar-refractivity contribution in [3.05, 3.63) is 107 Å². The normalized spacial score (nSPS) is 14.9. The van der Waals surface area contributed by atoms with Gasteiger partial charge in [0.2, 0.25) is 5.82 Å². The molecule has 39 heavy (non-hydrogen) atoms. The van der Waals surface area contributed by atoms with Crippen LogP contribution in [0.25, 0.3) is 22.6 Å². The van der Waals surface area contributed by atoms with Crippen molar-refractivity contribution in [2.45, 2.75) is 26.1 Å². The van der Waals surface area contributed by atoms with Gasteiger partial charge in [-0.15, -0.1) is 0 Å². The van der Waals surface area contributed by atoms with E-state index in [9.17, 15) is 23.1 Å². The lowest BCUT2D eigenvalue weighted by atomic mass is 10.0. The molecule has 1 aliphatic heterocycles. The molecule has 3 heterocycles. The number of alkyl halides is 3. The van der Waals surface area contributed by atoms with E-state index in [-0.39, 0.29) is 18.0 Å². The Hall–Kier alpha value is -4.73. The fourth-order valence-corrected chi connectivity index (χ4v) is 4.91. The van der Waals surface area contributed by atoms with E-state index in [0.717, 1.165) is 40.8 Å². The highest BCUT2D eigenvalue weighted by Gasteiger charge is 2.31. The second-order valence-electron chi connectivity index (χ2n) is 9.54. The van der Waals surface area contributed by atoms with Crippen LogP contribution in [0.15, 0.2) is 84.1 Å². The van der Waals surface area contributed by atoms with Crippen LogP contribution in [0.4, 0.5) is 19.0 Å². The Kier molecular flexibility index (Phi) is 5.82. The molecule has 2 aromatic carbocycles. The second-order valence-corrected chi connectivity index (χ2v) is 9.54. The molecular weight excluding hydrogens is 507 g/mol. The van der Waals surface area contributed by atoms with Crippen molar-refractivity contribution < 1.29 is 23.1 Å². The molecule has 4 aromatic rings. The molecule has 0 radical (unpaired) electrons. The number of carbonyl (C=O) groups is 1. The van der Waals surface area contributed by atoms with E-state index < -0.39 is 17.7 Å². The van der Waals surface area contributed by atoms with Crippen LogP contribution in [0.3, 0.4) is 0 Å². The smallest absolute Gasteiger partial charge is 0.416 e. The minimum Gasteiger partial charge on any atom is -0.475 e. The van der Waals surface area contributed by atoms with Crippen molar-refractivity contribution in [3.8, 4) is 11.4 Å². The quantitative estimate of drug-likeness (QED) is 0.334. The zero-order valence-corrected chi connectivity index (χ0v) is 20.8. The maximum atomic E-state index is 13.2. The van der Waals surface area contributed by atoms with E-state index in [1.165, 1.54) is 12.1 Å². The van der Waals surface area contributed by atoms with Crippen molar-refractivity contribution in [2.24, 2.45) is 0 Å². The van der Waals surface area contributed by atoms with E-state index in [1.54, 1.807) is 0 Å². The van der Waals surface area contributed by atoms with Gasteiger partial charge in [0.15, 0.2) is 11.5 Å². The lowest BCUT2D eigenvalue weighted by Crippen LogP contribution is -2.19. The summed E-state index contributed by atoms with van der Waals surface area (Å²) < 4.78 is 41.4. The SMILES string of the molecule is Cc1cccc(-c2nc3nc(C(=O)O)nc(N4C=C5CC=CC=C5C4)c3n2Cc2ccc(C(F)(F)F)cc2)c1. The van der Waals surface area contributed by atoms with Crippen molar-refractivity contribution in [3.63, 3.8) is 0 Å². The zero-order chi connectivity index (χ0) is 27.3. The summed E-state index contributed by atoms with van der Waals surface area (Å²) in [6.07, 6.45) is 4.31. The summed E-state index contributed by atoms with van der Waals surface area (Å²) >= 11 is 0. The van der Waals surface area contributed by atoms with Gasteiger partial charge in [0.1, 0.15) is 11.3 Å². The van der Waals surface area contributed by atoms with Crippen molar-refractivity contribution in [2.75, 3.05) is 11.4 Å². The van der Waals surface area contributed by atoms with Crippen LogP contribution in [-0.4, -0.2) is 37.1 Å². The van der Waals surface area contributed by atoms with Crippen LogP contribution in [0.1, 0.15) is 33.7 Å². The van der Waals surface area contributed by atoms with E-state index in [0.29, 0.717) is 29.3 Å². The number of anilines is 1. The third-order valence-corrected chi connectivity index (χ3v) is 6.78. The van der Waals surface area contributed by atoms with Crippen LogP contribution in [0.5, 0.6) is 0 Å². The number of allylic oxidation sites excluding steroid dienone is 3. The molecule has 0 bridgehead atoms. The van der Waals surface area contributed by atoms with E-state index in [4.69, 9.17) is 4.98 Å². The third-order valence-electron chi connectivity index (χ3n) is 6.78. The van der Waals surface area contributed by atoms with Crippen LogP contribution < -0.4 is 4.90 Å². The lowest BCUT2D eigenvalue weighted by molar-refractivity contribution is -0.137. The van der Waals surface area contributed by atoms with Gasteiger partial charge in [0.25, 0.3) is 0 Å². The largest absolute Gasteiger partial charge is 0.475 e. The molecule has 196 valence electrons. The number of halogens is 3. The number of hydrogen-bond acceptors (Lipinski definition) is 5. The molecule has 2 aliphatic rings. The second kappa shape index (κ2) is 9.23. The van der Waals surface area contributed by atoms with Gasteiger partial charge in [-0.3, -0.25) is 0 Å². The molecule has 0 saturated carbocycles. The van der Waals surface area contributed by atoms with E-state index in [2.05, 4.69) is 9.97 Å². The molecule has 0 amide bonds. The maximum absolute atomic E-state index is 13.2. The number of rotatable bonds is 5. The minimum absolute atomic E-state index is 0.176. The molecule has 7 nitrogen and oxygen atoms in total. The Balaban J connectivity index is 1.56. The van der Waals surface area contributed by atoms with Crippen molar-refractivity contribution in [1.29, 1.82) is 0 Å². The number of carboxylic acids is 1. The summed E-state index contributed by atoms with van der Waals surface area (Å²) in [5, 5.41) is 9.77. The highest BCUT2D eigenvalue weighted by Crippen LogP contribution is 2.36. The topological polar surface area (TPSA) is 84.1 Å². The Labute approximate surface area is 221 Å². The van der Waals surface area contributed by atoms with Crippen LogP contribution >= 0.6 is 0 Å². The molecule has 6 rings (SSSR count). The first kappa shape index (κ1) is 24.6. The Morgan fingerprint density at radius 2 is 1.85 bits per heavy atom. The molecule has 0 saturated heterocycles. The fraction of sp³-hybridized carbons (Fsp3) is 0.172. The summed E-state index contributed by atoms with van der Waals surface area (Å²) in [5.41, 5.74) is 4.55. The summed E-state index contributed by atoms with van der Waals surface area (Å²) in [6, 6.07) is 12.6. The van der Waals surface area contributed by atoms with Gasteiger partial charge in [-0.1, -0.05) is 54.1 Å². The molecule has 1 N–H and O–H groups in total. The predicted octanol–water partition coefficient (Wildman–Crippen LogP) is 6.16. The predicted molar refractivity (Wildman–Crippen MR) is 140 cm³/mol. The average molecular weight is 530 g/mol. The van der Waals surface area contributed by atoms with Gasteiger partial charge in [0, 0.05) is 24.9 Å². The summed E-state index contributed by atoms with van der Waals surface area (Å²) in [6.45, 7) is 2.62. The van der Waals surface area contributed by atoms with Gasteiger partial charge in [-0.05, 0) is 48.3 Å². The van der Waals surface area contributed by atoms with Crippen molar-refractivity contribution >= 4 is 23.0 Å². The van der Waals surface area contributed by atoms with Gasteiger partial charge < -0.3 is 14.6 Å². The zero-order valence-electron chi connectivity index (χ0n) is 20.8. The van der Waals surface area contributed by atoms with Gasteiger partial charge >= 0.3 is 12.1 Å². The Morgan fingerprint density at radius 3 is 2.54 bits per heavy atom. The summed E-state index contributed by atoms with van der Waals surface area (Å²) in [4.78, 5) is 27.3. The van der Waals surface area contributed by atoms with Gasteiger partial charge in [-0.2, -0.15) is 13.2 Å². The molecule has 0 spiro atoms. The number of nitrogens with zero attached hydrogens (tertiary/aromatic N) is 5. The number of fused-ring (bicyclic) bond motifs is 2. The number of imidazole rings is 1. The molecule has 0 atom stereocenters. The summed E-state index contributed by atoms with van der Waals surface area (Å²) in [7, 11) is 0. The van der Waals surface area contributed by atoms with Gasteiger partial charge in [-0.25, -0.2) is 19.7 Å². The first-order valence-corrected chi connectivity index (χ1v) is 12.3. The standard InChI is InChI=1S/C29H22F3N5O2/c1-17-5-4-8-19(13-17)26-34-24-23(37(26)14-18-9-11-22(12-10-18)29(30,31)32)27(35-25(33-24)28(38)39)36-15-20-6-2-3-7-21(20)16-36/h2-6,8-13,16H,7,14-15H2,1H3,(H,38,39). The molecule has 0 unspecified atom stereocenters. The molecular formula is C29H22F3N5O2. The number of aromatic carboxylic acids is 1. The third kappa shape index (κ3) is 4.58. The van der Waals surface area contributed by atoms with Crippen LogP contribution in [0, 0.1) is 6.92 Å². The first-order valence-electron chi connectivity index (χ1n) is 12.3. The number of hydrogen-bond donors (Lipinski definition) is 1. The molecule has 1 aliphatic carbocycles. The first-order chi connectivity index (χ1) is 18.7. The van der Waals surface area contributed by atoms with Crippen LogP contribution in [-0.2, 0) is 12.7 Å². The Bertz CT molecular complexity index is 1720. The fourth-order valence-electron chi connectivity index (χ4n) is 4.91. The highest BCUT2D eigenvalue weighted by molar-refractivity contribution is 5.93. The molecule has 0 fully saturated rings. The van der Waals surface area contributed by atoms with Crippen LogP contribution in [0.2, 0.25) is 0 Å². The van der Waals surface area contributed by atoms with E-state index >= 15 is 0 Å². The average Bonchev–Trinajstić information content (AvgIpc) is 3.50. The number of aromatic nitrogens is 4. The maximum Gasteiger partial charge on any atom is 0.416 e. The highest BCUT2D eigenvalue weighted by atomic mass is 19.4. The number of carboxylic acid groups (broad SMARTS) is 1.